The molecule has 0 unspecified atom stereocenters. The summed E-state index contributed by atoms with van der Waals surface area (Å²) in [5.74, 6) is -1.11. The number of rotatable bonds is 6. The molecular formula is C10H16F3NO2. The third-order valence-electron chi connectivity index (χ3n) is 1.94. The fourth-order valence-electron chi connectivity index (χ4n) is 1.16. The summed E-state index contributed by atoms with van der Waals surface area (Å²) in [6, 6.07) is 0. The third-order valence-corrected chi connectivity index (χ3v) is 1.94. The molecule has 0 bridgehead atoms. The zero-order valence-corrected chi connectivity index (χ0v) is 9.34. The van der Waals surface area contributed by atoms with Crippen LogP contribution in [0.5, 0.6) is 0 Å². The van der Waals surface area contributed by atoms with Crippen LogP contribution >= 0.6 is 0 Å². The molecule has 0 rings (SSSR count). The van der Waals surface area contributed by atoms with Gasteiger partial charge in [0.25, 0.3) is 0 Å². The molecule has 3 nitrogen and oxygen atoms in total. The van der Waals surface area contributed by atoms with Crippen molar-refractivity contribution >= 4 is 5.97 Å². The van der Waals surface area contributed by atoms with Crippen molar-refractivity contribution in [3.8, 4) is 0 Å². The van der Waals surface area contributed by atoms with Crippen molar-refractivity contribution in [1.82, 2.24) is 4.90 Å². The minimum absolute atomic E-state index is 0.00544. The number of alkyl halides is 3. The number of nitrogens with zero attached hydrogens (tertiary/aromatic N) is 1. The molecule has 0 aromatic heterocycles. The SMILES string of the molecule is CCCN(CC=C(C)C(=O)O)CC(F)(F)F. The number of carboxylic acid groups (broad SMARTS) is 1. The Hall–Kier alpha value is -1.04. The molecule has 1 N–H and O–H groups in total. The topological polar surface area (TPSA) is 40.5 Å². The maximum atomic E-state index is 12.1. The highest BCUT2D eigenvalue weighted by molar-refractivity contribution is 5.85. The number of hydrogen-bond donors (Lipinski definition) is 1. The molecule has 0 amide bonds. The predicted octanol–water partition coefficient (Wildman–Crippen LogP) is 2.29. The first kappa shape index (κ1) is 15.0. The van der Waals surface area contributed by atoms with E-state index in [1.807, 2.05) is 0 Å². The smallest absolute Gasteiger partial charge is 0.401 e. The van der Waals surface area contributed by atoms with Gasteiger partial charge in [-0.2, -0.15) is 13.2 Å². The monoisotopic (exact) mass is 239 g/mol. The van der Waals surface area contributed by atoms with Crippen LogP contribution in [0.3, 0.4) is 0 Å². The molecule has 0 spiro atoms. The molecular weight excluding hydrogens is 223 g/mol. The van der Waals surface area contributed by atoms with Crippen molar-refractivity contribution in [2.75, 3.05) is 19.6 Å². The minimum Gasteiger partial charge on any atom is -0.478 e. The lowest BCUT2D eigenvalue weighted by Gasteiger charge is -2.21. The average molecular weight is 239 g/mol. The van der Waals surface area contributed by atoms with Gasteiger partial charge >= 0.3 is 12.1 Å². The van der Waals surface area contributed by atoms with Gasteiger partial charge in [-0.25, -0.2) is 4.79 Å². The number of hydrogen-bond acceptors (Lipinski definition) is 2. The molecule has 16 heavy (non-hydrogen) atoms. The van der Waals surface area contributed by atoms with Gasteiger partial charge in [-0.1, -0.05) is 13.0 Å². The van der Waals surface area contributed by atoms with Crippen molar-refractivity contribution in [2.24, 2.45) is 0 Å². The van der Waals surface area contributed by atoms with Gasteiger partial charge in [0.1, 0.15) is 0 Å². The number of carboxylic acids is 1. The molecule has 94 valence electrons. The van der Waals surface area contributed by atoms with Crippen molar-refractivity contribution < 1.29 is 23.1 Å². The lowest BCUT2D eigenvalue weighted by Crippen LogP contribution is -2.35. The highest BCUT2D eigenvalue weighted by Crippen LogP contribution is 2.16. The van der Waals surface area contributed by atoms with Crippen LogP contribution < -0.4 is 0 Å². The van der Waals surface area contributed by atoms with Crippen molar-refractivity contribution in [2.45, 2.75) is 26.4 Å². The molecule has 0 radical (unpaired) electrons. The first-order valence-electron chi connectivity index (χ1n) is 4.95. The Morgan fingerprint density at radius 3 is 2.38 bits per heavy atom. The average Bonchev–Trinajstić information content (AvgIpc) is 2.11. The maximum absolute atomic E-state index is 12.1. The molecule has 0 atom stereocenters. The summed E-state index contributed by atoms with van der Waals surface area (Å²) in [5, 5.41) is 8.55. The molecule has 0 saturated heterocycles. The summed E-state index contributed by atoms with van der Waals surface area (Å²) in [4.78, 5) is 11.6. The van der Waals surface area contributed by atoms with Gasteiger partial charge in [0, 0.05) is 12.1 Å². The van der Waals surface area contributed by atoms with Gasteiger partial charge in [-0.3, -0.25) is 4.90 Å². The van der Waals surface area contributed by atoms with Gasteiger partial charge in [0.2, 0.25) is 0 Å². The first-order valence-corrected chi connectivity index (χ1v) is 4.95. The Bertz CT molecular complexity index is 261. The number of aliphatic carboxylic acids is 1. The molecule has 6 heteroatoms. The van der Waals surface area contributed by atoms with Gasteiger partial charge < -0.3 is 5.11 Å². The van der Waals surface area contributed by atoms with E-state index in [-0.39, 0.29) is 12.1 Å². The van der Waals surface area contributed by atoms with Crippen LogP contribution in [-0.2, 0) is 4.79 Å². The summed E-state index contributed by atoms with van der Waals surface area (Å²) in [6.07, 6.45) is -2.36. The van der Waals surface area contributed by atoms with Gasteiger partial charge in [-0.15, -0.1) is 0 Å². The lowest BCUT2D eigenvalue weighted by atomic mass is 10.2. The molecule has 0 aliphatic heterocycles. The summed E-state index contributed by atoms with van der Waals surface area (Å²) in [7, 11) is 0. The fourth-order valence-corrected chi connectivity index (χ4v) is 1.16. The second-order valence-corrected chi connectivity index (χ2v) is 3.54. The van der Waals surface area contributed by atoms with E-state index in [9.17, 15) is 18.0 Å². The van der Waals surface area contributed by atoms with Crippen molar-refractivity contribution in [1.29, 1.82) is 0 Å². The van der Waals surface area contributed by atoms with Crippen LogP contribution in [0, 0.1) is 0 Å². The lowest BCUT2D eigenvalue weighted by molar-refractivity contribution is -0.144. The van der Waals surface area contributed by atoms with E-state index in [1.165, 1.54) is 17.9 Å². The van der Waals surface area contributed by atoms with Crippen LogP contribution in [0.4, 0.5) is 13.2 Å². The van der Waals surface area contributed by atoms with E-state index in [2.05, 4.69) is 0 Å². The van der Waals surface area contributed by atoms with E-state index in [0.717, 1.165) is 0 Å². The van der Waals surface area contributed by atoms with Gasteiger partial charge in [0.15, 0.2) is 0 Å². The van der Waals surface area contributed by atoms with Crippen LogP contribution in [-0.4, -0.2) is 41.8 Å². The molecule has 0 fully saturated rings. The van der Waals surface area contributed by atoms with Crippen LogP contribution in [0.25, 0.3) is 0 Å². The number of halogens is 3. The van der Waals surface area contributed by atoms with Crippen molar-refractivity contribution in [3.63, 3.8) is 0 Å². The van der Waals surface area contributed by atoms with Gasteiger partial charge in [-0.05, 0) is 19.9 Å². The molecule has 0 aliphatic rings. The van der Waals surface area contributed by atoms with Crippen LogP contribution in [0.1, 0.15) is 20.3 Å². The summed E-state index contributed by atoms with van der Waals surface area (Å²) < 4.78 is 36.4. The molecule has 0 aliphatic carbocycles. The highest BCUT2D eigenvalue weighted by Gasteiger charge is 2.29. The molecule has 0 saturated carbocycles. The summed E-state index contributed by atoms with van der Waals surface area (Å²) in [5.41, 5.74) is 0.0586. The quantitative estimate of drug-likeness (QED) is 0.723. The standard InChI is InChI=1S/C10H16F3NO2/c1-3-5-14(7-10(11,12)13)6-4-8(2)9(15)16/h4H,3,5-7H2,1-2H3,(H,15,16). The zero-order chi connectivity index (χ0) is 12.8. The van der Waals surface area contributed by atoms with E-state index in [4.69, 9.17) is 5.11 Å². The molecule has 0 heterocycles. The maximum Gasteiger partial charge on any atom is 0.401 e. The van der Waals surface area contributed by atoms with Crippen molar-refractivity contribution in [3.05, 3.63) is 11.6 Å². The number of carbonyl (C=O) groups is 1. The fraction of sp³-hybridized carbons (Fsp3) is 0.700. The Kier molecular flexibility index (Phi) is 6.10. The summed E-state index contributed by atoms with van der Waals surface area (Å²) in [6.45, 7) is 2.43. The normalized spacial score (nSPS) is 13.2. The Labute approximate surface area is 92.5 Å². The third kappa shape index (κ3) is 7.28. The van der Waals surface area contributed by atoms with Crippen LogP contribution in [0.15, 0.2) is 11.6 Å². The second-order valence-electron chi connectivity index (χ2n) is 3.54. The first-order chi connectivity index (χ1) is 7.26. The van der Waals surface area contributed by atoms with E-state index in [1.54, 1.807) is 6.92 Å². The van der Waals surface area contributed by atoms with E-state index < -0.39 is 18.7 Å². The highest BCUT2D eigenvalue weighted by atomic mass is 19.4. The predicted molar refractivity (Wildman–Crippen MR) is 54.2 cm³/mol. The largest absolute Gasteiger partial charge is 0.478 e. The molecule has 0 aromatic rings. The van der Waals surface area contributed by atoms with Crippen LogP contribution in [0.2, 0.25) is 0 Å². The van der Waals surface area contributed by atoms with E-state index >= 15 is 0 Å². The second kappa shape index (κ2) is 6.52. The molecule has 0 aromatic carbocycles. The Morgan fingerprint density at radius 1 is 1.44 bits per heavy atom. The zero-order valence-electron chi connectivity index (χ0n) is 9.34. The Balaban J connectivity index is 4.34. The van der Waals surface area contributed by atoms with Gasteiger partial charge in [0.05, 0.1) is 6.54 Å². The van der Waals surface area contributed by atoms with E-state index in [0.29, 0.717) is 13.0 Å². The summed E-state index contributed by atoms with van der Waals surface area (Å²) >= 11 is 0. The minimum atomic E-state index is -4.25. The Morgan fingerprint density at radius 2 is 2.00 bits per heavy atom.